The van der Waals surface area contributed by atoms with Crippen LogP contribution in [0.2, 0.25) is 0 Å². The molecule has 2 aliphatic heterocycles. The fraction of sp³-hybridized carbons (Fsp3) is 0.455. The Kier molecular flexibility index (Phi) is 10.6. The summed E-state index contributed by atoms with van der Waals surface area (Å²) in [7, 11) is 0. The number of nitrogens with zero attached hydrogens (tertiary/aromatic N) is 3. The first-order valence-electron chi connectivity index (χ1n) is 10.7. The Morgan fingerprint density at radius 3 is 2.05 bits per heavy atom. The molecular weight excluding hydrogens is 516 g/mol. The van der Waals surface area contributed by atoms with Crippen LogP contribution in [0.15, 0.2) is 49.1 Å². The summed E-state index contributed by atoms with van der Waals surface area (Å²) in [6.45, 7) is 2.60. The van der Waals surface area contributed by atoms with Crippen molar-refractivity contribution in [3.63, 3.8) is 0 Å². The number of alkyl halides is 6. The summed E-state index contributed by atoms with van der Waals surface area (Å²) >= 11 is 0. The molecule has 0 aromatic carbocycles. The molecule has 0 bridgehead atoms. The monoisotopic (exact) mass is 539 g/mol. The number of pyridine rings is 2. The van der Waals surface area contributed by atoms with Crippen LogP contribution >= 0.6 is 0 Å². The maximum Gasteiger partial charge on any atom is 0.490 e. The first kappa shape index (κ1) is 29.8. The van der Waals surface area contributed by atoms with Gasteiger partial charge in [0.15, 0.2) is 0 Å². The van der Waals surface area contributed by atoms with Crippen LogP contribution in [0.4, 0.5) is 26.3 Å². The van der Waals surface area contributed by atoms with Crippen LogP contribution in [-0.4, -0.2) is 80.8 Å². The second kappa shape index (κ2) is 13.2. The van der Waals surface area contributed by atoms with Gasteiger partial charge in [-0.2, -0.15) is 26.3 Å². The van der Waals surface area contributed by atoms with Gasteiger partial charge >= 0.3 is 24.3 Å². The minimum Gasteiger partial charge on any atom is -0.485 e. The Balaban J connectivity index is 0.000000286. The molecule has 4 rings (SSSR count). The van der Waals surface area contributed by atoms with Gasteiger partial charge in [-0.05, 0) is 36.6 Å². The minimum atomic E-state index is -5.08. The lowest BCUT2D eigenvalue weighted by Gasteiger charge is -2.32. The first-order valence-corrected chi connectivity index (χ1v) is 10.7. The highest BCUT2D eigenvalue weighted by atomic mass is 19.4. The molecule has 0 amide bonds. The quantitative estimate of drug-likeness (QED) is 0.562. The van der Waals surface area contributed by atoms with E-state index in [-0.39, 0.29) is 12.2 Å². The highest BCUT2D eigenvalue weighted by Gasteiger charge is 2.45. The fourth-order valence-electron chi connectivity index (χ4n) is 3.61. The maximum absolute atomic E-state index is 10.6. The molecule has 2 saturated heterocycles. The van der Waals surface area contributed by atoms with Crippen LogP contribution in [0.25, 0.3) is 0 Å². The van der Waals surface area contributed by atoms with Gasteiger partial charge in [-0.25, -0.2) is 9.59 Å². The van der Waals surface area contributed by atoms with Crippen molar-refractivity contribution in [3.8, 4) is 5.75 Å². The van der Waals surface area contributed by atoms with Crippen molar-refractivity contribution in [2.45, 2.75) is 50.0 Å². The number of rotatable bonds is 4. The second-order valence-electron chi connectivity index (χ2n) is 7.79. The molecule has 0 radical (unpaired) electrons. The normalized spacial score (nSPS) is 21.4. The average Bonchev–Trinajstić information content (AvgIpc) is 3.17. The number of fused-ring (bicyclic) bond motifs is 1. The zero-order valence-electron chi connectivity index (χ0n) is 19.0. The van der Waals surface area contributed by atoms with Gasteiger partial charge in [-0.1, -0.05) is 6.07 Å². The highest BCUT2D eigenvalue weighted by molar-refractivity contribution is 5.73. The summed E-state index contributed by atoms with van der Waals surface area (Å²) in [5.74, 6) is -4.70. The third-order valence-corrected chi connectivity index (χ3v) is 5.10. The van der Waals surface area contributed by atoms with Crippen LogP contribution < -0.4 is 4.74 Å². The van der Waals surface area contributed by atoms with Crippen LogP contribution in [0.3, 0.4) is 0 Å². The molecule has 0 spiro atoms. The molecular formula is C22H23F6N3O6. The average molecular weight is 539 g/mol. The topological polar surface area (TPSA) is 122 Å². The predicted octanol–water partition coefficient (Wildman–Crippen LogP) is 3.55. The smallest absolute Gasteiger partial charge is 0.485 e. The molecule has 0 saturated carbocycles. The molecule has 2 aliphatic rings. The van der Waals surface area contributed by atoms with Gasteiger partial charge in [-0.15, -0.1) is 0 Å². The zero-order valence-corrected chi connectivity index (χ0v) is 19.0. The maximum atomic E-state index is 10.6. The van der Waals surface area contributed by atoms with Gasteiger partial charge in [-0.3, -0.25) is 14.9 Å². The number of halogens is 6. The fourth-order valence-corrected chi connectivity index (χ4v) is 3.61. The van der Waals surface area contributed by atoms with Gasteiger partial charge in [0, 0.05) is 44.3 Å². The number of hydrogen-bond acceptors (Lipinski definition) is 7. The highest BCUT2D eigenvalue weighted by Crippen LogP contribution is 2.32. The Morgan fingerprint density at radius 1 is 1.00 bits per heavy atom. The van der Waals surface area contributed by atoms with Crippen molar-refractivity contribution < 1.29 is 55.6 Å². The largest absolute Gasteiger partial charge is 0.490 e. The third-order valence-electron chi connectivity index (χ3n) is 5.10. The standard InChI is InChI=1S/C18H21N3O2.2C2HF3O2/c1-4-14(10-19-7-1)12-21-13-17(18-16(21)6-3-9-22-18)23-15-5-2-8-20-11-15;2*3-2(4,5)1(6)7/h1-2,4-5,7-8,10-11,16-18H,3,6,9,12-13H2;2*(H,6,7)/t16-,17-,18-;;/m0../s1. The van der Waals surface area contributed by atoms with E-state index in [1.165, 1.54) is 5.56 Å². The number of likely N-dealkylation sites (tertiary alicyclic amines) is 1. The summed E-state index contributed by atoms with van der Waals surface area (Å²) in [6.07, 6.45) is -0.413. The number of carbonyl (C=O) groups is 2. The Labute approximate surface area is 206 Å². The first-order chi connectivity index (χ1) is 17.3. The summed E-state index contributed by atoms with van der Waals surface area (Å²) in [5, 5.41) is 14.2. The number of hydrogen-bond donors (Lipinski definition) is 2. The van der Waals surface area contributed by atoms with Crippen molar-refractivity contribution in [2.24, 2.45) is 0 Å². The molecule has 0 unspecified atom stereocenters. The van der Waals surface area contributed by atoms with Gasteiger partial charge in [0.25, 0.3) is 0 Å². The van der Waals surface area contributed by atoms with E-state index in [1.807, 2.05) is 30.6 Å². The van der Waals surface area contributed by atoms with Crippen molar-refractivity contribution >= 4 is 11.9 Å². The number of aliphatic carboxylic acids is 2. The summed E-state index contributed by atoms with van der Waals surface area (Å²) in [5.41, 5.74) is 1.24. The van der Waals surface area contributed by atoms with E-state index in [9.17, 15) is 26.3 Å². The summed E-state index contributed by atoms with van der Waals surface area (Å²) < 4.78 is 75.7. The Bertz CT molecular complexity index is 914. The van der Waals surface area contributed by atoms with Gasteiger partial charge < -0.3 is 19.7 Å². The van der Waals surface area contributed by atoms with E-state index in [0.29, 0.717) is 6.04 Å². The van der Waals surface area contributed by atoms with E-state index >= 15 is 0 Å². The Hall–Kier alpha value is -3.46. The lowest BCUT2D eigenvalue weighted by molar-refractivity contribution is -0.193. The van der Waals surface area contributed by atoms with Crippen molar-refractivity contribution in [2.75, 3.05) is 13.2 Å². The number of carboxylic acids is 2. The van der Waals surface area contributed by atoms with Crippen LogP contribution in [0.5, 0.6) is 5.75 Å². The molecule has 9 nitrogen and oxygen atoms in total. The van der Waals surface area contributed by atoms with E-state index in [1.54, 1.807) is 12.4 Å². The van der Waals surface area contributed by atoms with Crippen molar-refractivity contribution in [1.82, 2.24) is 14.9 Å². The molecule has 2 aromatic rings. The van der Waals surface area contributed by atoms with Crippen molar-refractivity contribution in [1.29, 1.82) is 0 Å². The van der Waals surface area contributed by atoms with Crippen LogP contribution in [0.1, 0.15) is 18.4 Å². The van der Waals surface area contributed by atoms with Gasteiger partial charge in [0.05, 0.1) is 6.20 Å². The zero-order chi connectivity index (χ0) is 27.6. The third kappa shape index (κ3) is 9.84. The second-order valence-corrected chi connectivity index (χ2v) is 7.79. The lowest BCUT2D eigenvalue weighted by atomic mass is 10.0. The molecule has 3 atom stereocenters. The van der Waals surface area contributed by atoms with Crippen LogP contribution in [0, 0.1) is 0 Å². The molecule has 0 aliphatic carbocycles. The SMILES string of the molecule is O=C(O)C(F)(F)F.O=C(O)C(F)(F)F.c1cncc(CN2C[C@H](Oc3cccnc3)[C@H]3OCCC[C@@H]32)c1. The van der Waals surface area contributed by atoms with E-state index in [4.69, 9.17) is 29.3 Å². The van der Waals surface area contributed by atoms with Crippen LogP contribution in [-0.2, 0) is 20.9 Å². The number of aromatic nitrogens is 2. The number of carboxylic acid groups (broad SMARTS) is 2. The summed E-state index contributed by atoms with van der Waals surface area (Å²) in [6, 6.07) is 8.39. The molecule has 204 valence electrons. The lowest BCUT2D eigenvalue weighted by Crippen LogP contribution is -2.42. The molecule has 2 aromatic heterocycles. The van der Waals surface area contributed by atoms with E-state index in [0.717, 1.165) is 38.3 Å². The molecule has 2 N–H and O–H groups in total. The minimum absolute atomic E-state index is 0.0566. The van der Waals surface area contributed by atoms with E-state index < -0.39 is 24.3 Å². The Morgan fingerprint density at radius 2 is 1.57 bits per heavy atom. The molecule has 4 heterocycles. The molecule has 2 fully saturated rings. The molecule has 37 heavy (non-hydrogen) atoms. The predicted molar refractivity (Wildman–Crippen MR) is 113 cm³/mol. The van der Waals surface area contributed by atoms with Gasteiger partial charge in [0.2, 0.25) is 0 Å². The van der Waals surface area contributed by atoms with Gasteiger partial charge in [0.1, 0.15) is 18.0 Å². The summed E-state index contributed by atoms with van der Waals surface area (Å²) in [4.78, 5) is 28.6. The number of ether oxygens (including phenoxy) is 2. The molecule has 15 heteroatoms. The van der Waals surface area contributed by atoms with Crippen molar-refractivity contribution in [3.05, 3.63) is 54.6 Å². The van der Waals surface area contributed by atoms with E-state index in [2.05, 4.69) is 20.9 Å².